The van der Waals surface area contributed by atoms with Gasteiger partial charge in [-0.15, -0.1) is 0 Å². The third-order valence-corrected chi connectivity index (χ3v) is 3.09. The SMILES string of the molecule is O=CN1CCOCC1N1CCCCC1. The average Bonchev–Trinajstić information content (AvgIpc) is 2.30. The Balaban J connectivity index is 1.94. The highest BCUT2D eigenvalue weighted by atomic mass is 16.5. The van der Waals surface area contributed by atoms with Crippen molar-refractivity contribution in [3.8, 4) is 0 Å². The van der Waals surface area contributed by atoms with Crippen LogP contribution in [0.5, 0.6) is 0 Å². The van der Waals surface area contributed by atoms with Crippen molar-refractivity contribution in [1.82, 2.24) is 9.80 Å². The van der Waals surface area contributed by atoms with Crippen molar-refractivity contribution in [2.24, 2.45) is 0 Å². The van der Waals surface area contributed by atoms with Gasteiger partial charge < -0.3 is 9.64 Å². The van der Waals surface area contributed by atoms with Gasteiger partial charge in [0.05, 0.1) is 13.2 Å². The number of amides is 1. The first-order chi connectivity index (χ1) is 6.92. The normalized spacial score (nSPS) is 30.3. The van der Waals surface area contributed by atoms with E-state index in [9.17, 15) is 4.79 Å². The van der Waals surface area contributed by atoms with Crippen molar-refractivity contribution >= 4 is 6.41 Å². The molecule has 0 saturated carbocycles. The molecule has 0 radical (unpaired) electrons. The molecule has 2 heterocycles. The van der Waals surface area contributed by atoms with Crippen LogP contribution < -0.4 is 0 Å². The molecule has 0 aromatic heterocycles. The maximum Gasteiger partial charge on any atom is 0.211 e. The van der Waals surface area contributed by atoms with E-state index in [1.165, 1.54) is 19.3 Å². The molecule has 2 saturated heterocycles. The molecule has 2 aliphatic heterocycles. The summed E-state index contributed by atoms with van der Waals surface area (Å²) < 4.78 is 5.43. The number of piperidine rings is 1. The molecule has 1 atom stereocenters. The second-order valence-electron chi connectivity index (χ2n) is 4.00. The lowest BCUT2D eigenvalue weighted by atomic mass is 10.1. The van der Waals surface area contributed by atoms with Crippen molar-refractivity contribution in [3.05, 3.63) is 0 Å². The van der Waals surface area contributed by atoms with Crippen molar-refractivity contribution in [3.63, 3.8) is 0 Å². The topological polar surface area (TPSA) is 32.8 Å². The summed E-state index contributed by atoms with van der Waals surface area (Å²) in [6.45, 7) is 4.32. The van der Waals surface area contributed by atoms with Gasteiger partial charge in [0.2, 0.25) is 6.41 Å². The maximum absolute atomic E-state index is 10.9. The molecule has 0 bridgehead atoms. The zero-order chi connectivity index (χ0) is 9.80. The van der Waals surface area contributed by atoms with Gasteiger partial charge >= 0.3 is 0 Å². The zero-order valence-corrected chi connectivity index (χ0v) is 8.52. The van der Waals surface area contributed by atoms with Gasteiger partial charge in [0.1, 0.15) is 6.17 Å². The first-order valence-electron chi connectivity index (χ1n) is 5.44. The second kappa shape index (κ2) is 4.75. The predicted octanol–water partition coefficient (Wildman–Crippen LogP) is 0.287. The van der Waals surface area contributed by atoms with E-state index in [2.05, 4.69) is 4.90 Å². The zero-order valence-electron chi connectivity index (χ0n) is 8.52. The standard InChI is InChI=1S/C10H18N2O2/c13-9-12-6-7-14-8-10(12)11-4-2-1-3-5-11/h9-10H,1-8H2. The number of likely N-dealkylation sites (tertiary alicyclic amines) is 1. The Hall–Kier alpha value is -0.610. The van der Waals surface area contributed by atoms with Gasteiger partial charge in [0.25, 0.3) is 0 Å². The van der Waals surface area contributed by atoms with Crippen LogP contribution in [0, 0.1) is 0 Å². The van der Waals surface area contributed by atoms with Crippen molar-refractivity contribution in [1.29, 1.82) is 0 Å². The molecule has 0 aromatic rings. The highest BCUT2D eigenvalue weighted by molar-refractivity contribution is 5.47. The van der Waals surface area contributed by atoms with E-state index in [1.807, 2.05) is 4.90 Å². The molecular weight excluding hydrogens is 180 g/mol. The summed E-state index contributed by atoms with van der Waals surface area (Å²) in [5, 5.41) is 0. The molecule has 14 heavy (non-hydrogen) atoms. The van der Waals surface area contributed by atoms with Crippen LogP contribution in [0.15, 0.2) is 0 Å². The predicted molar refractivity (Wildman–Crippen MR) is 52.8 cm³/mol. The average molecular weight is 198 g/mol. The molecule has 0 aliphatic carbocycles. The molecule has 0 N–H and O–H groups in total. The summed E-state index contributed by atoms with van der Waals surface area (Å²) >= 11 is 0. The van der Waals surface area contributed by atoms with Gasteiger partial charge in [0, 0.05) is 19.6 Å². The van der Waals surface area contributed by atoms with E-state index in [1.54, 1.807) is 0 Å². The van der Waals surface area contributed by atoms with Gasteiger partial charge in [-0.3, -0.25) is 9.69 Å². The Labute approximate surface area is 84.8 Å². The van der Waals surface area contributed by atoms with Gasteiger partial charge in [-0.1, -0.05) is 6.42 Å². The van der Waals surface area contributed by atoms with Crippen molar-refractivity contribution in [2.75, 3.05) is 32.8 Å². The van der Waals surface area contributed by atoms with Gasteiger partial charge in [-0.2, -0.15) is 0 Å². The van der Waals surface area contributed by atoms with Crippen LogP contribution in [0.4, 0.5) is 0 Å². The molecule has 0 aromatic carbocycles. The highest BCUT2D eigenvalue weighted by Crippen LogP contribution is 2.16. The van der Waals surface area contributed by atoms with E-state index >= 15 is 0 Å². The fraction of sp³-hybridized carbons (Fsp3) is 0.900. The summed E-state index contributed by atoms with van der Waals surface area (Å²) in [6, 6.07) is 0. The smallest absolute Gasteiger partial charge is 0.211 e. The third-order valence-electron chi connectivity index (χ3n) is 3.09. The largest absolute Gasteiger partial charge is 0.376 e. The minimum absolute atomic E-state index is 0.196. The van der Waals surface area contributed by atoms with E-state index in [0.29, 0.717) is 13.2 Å². The minimum Gasteiger partial charge on any atom is -0.376 e. The monoisotopic (exact) mass is 198 g/mol. The van der Waals surface area contributed by atoms with Gasteiger partial charge in [-0.25, -0.2) is 0 Å². The molecule has 2 fully saturated rings. The molecule has 1 unspecified atom stereocenters. The minimum atomic E-state index is 0.196. The molecule has 80 valence electrons. The highest BCUT2D eigenvalue weighted by Gasteiger charge is 2.28. The van der Waals surface area contributed by atoms with E-state index in [4.69, 9.17) is 4.74 Å². The lowest BCUT2D eigenvalue weighted by Crippen LogP contribution is -2.55. The van der Waals surface area contributed by atoms with Gasteiger partial charge in [-0.05, 0) is 12.8 Å². The summed E-state index contributed by atoms with van der Waals surface area (Å²) in [5.41, 5.74) is 0. The number of carbonyl (C=O) groups excluding carboxylic acids is 1. The number of ether oxygens (including phenoxy) is 1. The fourth-order valence-corrected chi connectivity index (χ4v) is 2.26. The van der Waals surface area contributed by atoms with Crippen LogP contribution in [0.25, 0.3) is 0 Å². The molecule has 4 heteroatoms. The fourth-order valence-electron chi connectivity index (χ4n) is 2.26. The van der Waals surface area contributed by atoms with Crippen LogP contribution in [-0.4, -0.2) is 55.2 Å². The Kier molecular flexibility index (Phi) is 3.37. The maximum atomic E-state index is 10.9. The number of carbonyl (C=O) groups is 1. The Bertz CT molecular complexity index is 193. The van der Waals surface area contributed by atoms with Crippen LogP contribution in [0.3, 0.4) is 0 Å². The molecule has 4 nitrogen and oxygen atoms in total. The Morgan fingerprint density at radius 3 is 2.64 bits per heavy atom. The Morgan fingerprint density at radius 1 is 1.14 bits per heavy atom. The molecular formula is C10H18N2O2. The molecule has 1 amide bonds. The van der Waals surface area contributed by atoms with Crippen LogP contribution in [0.1, 0.15) is 19.3 Å². The van der Waals surface area contributed by atoms with E-state index in [-0.39, 0.29) is 6.17 Å². The number of hydrogen-bond donors (Lipinski definition) is 0. The van der Waals surface area contributed by atoms with Crippen LogP contribution in [-0.2, 0) is 9.53 Å². The molecule has 2 aliphatic rings. The number of nitrogens with zero attached hydrogens (tertiary/aromatic N) is 2. The van der Waals surface area contributed by atoms with Crippen molar-refractivity contribution < 1.29 is 9.53 Å². The molecule has 0 spiro atoms. The second-order valence-corrected chi connectivity index (χ2v) is 4.00. The number of rotatable bonds is 2. The lowest BCUT2D eigenvalue weighted by molar-refractivity contribution is -0.136. The summed E-state index contributed by atoms with van der Waals surface area (Å²) in [4.78, 5) is 15.1. The van der Waals surface area contributed by atoms with Crippen LogP contribution >= 0.6 is 0 Å². The first-order valence-corrected chi connectivity index (χ1v) is 5.44. The number of morpholine rings is 1. The quantitative estimate of drug-likeness (QED) is 0.598. The molecule has 2 rings (SSSR count). The third kappa shape index (κ3) is 2.07. The summed E-state index contributed by atoms with van der Waals surface area (Å²) in [6.07, 6.45) is 4.99. The van der Waals surface area contributed by atoms with E-state index in [0.717, 1.165) is 26.0 Å². The lowest BCUT2D eigenvalue weighted by Gasteiger charge is -2.42. The van der Waals surface area contributed by atoms with E-state index < -0.39 is 0 Å². The summed E-state index contributed by atoms with van der Waals surface area (Å²) in [7, 11) is 0. The Morgan fingerprint density at radius 2 is 1.93 bits per heavy atom. The van der Waals surface area contributed by atoms with Crippen molar-refractivity contribution in [2.45, 2.75) is 25.4 Å². The van der Waals surface area contributed by atoms with Gasteiger partial charge in [0.15, 0.2) is 0 Å². The first kappa shape index (κ1) is 9.93. The van der Waals surface area contributed by atoms with Crippen LogP contribution in [0.2, 0.25) is 0 Å². The summed E-state index contributed by atoms with van der Waals surface area (Å²) in [5.74, 6) is 0. The number of hydrogen-bond acceptors (Lipinski definition) is 3.